The Bertz CT molecular complexity index is 1200. The number of amides is 2. The fourth-order valence-corrected chi connectivity index (χ4v) is 3.82. The average Bonchev–Trinajstić information content (AvgIpc) is 3.33. The molecule has 1 atom stereocenters. The summed E-state index contributed by atoms with van der Waals surface area (Å²) in [4.78, 5) is 37.6. The first-order valence-corrected chi connectivity index (χ1v) is 11.6. The van der Waals surface area contributed by atoms with Crippen molar-refractivity contribution >= 4 is 39.9 Å². The van der Waals surface area contributed by atoms with Crippen LogP contribution >= 0.6 is 11.3 Å². The van der Waals surface area contributed by atoms with Crippen LogP contribution in [0.15, 0.2) is 59.2 Å². The highest BCUT2D eigenvalue weighted by Crippen LogP contribution is 2.27. The first-order chi connectivity index (χ1) is 17.0. The van der Waals surface area contributed by atoms with Crippen LogP contribution in [0.2, 0.25) is 0 Å². The van der Waals surface area contributed by atoms with Crippen LogP contribution in [0.3, 0.4) is 0 Å². The Morgan fingerprint density at radius 3 is 2.57 bits per heavy atom. The van der Waals surface area contributed by atoms with E-state index in [4.69, 9.17) is 16.7 Å². The fraction of sp³-hybridized carbons (Fsp3) is 0.217. The molecule has 2 heterocycles. The predicted molar refractivity (Wildman–Crippen MR) is 135 cm³/mol. The van der Waals surface area contributed by atoms with Gasteiger partial charge in [-0.2, -0.15) is 5.26 Å². The number of anilines is 2. The van der Waals surface area contributed by atoms with Gasteiger partial charge in [0.2, 0.25) is 5.91 Å². The highest BCUT2D eigenvalue weighted by molar-refractivity contribution is 7.14. The molecule has 2 amide bonds. The van der Waals surface area contributed by atoms with E-state index in [1.54, 1.807) is 36.7 Å². The van der Waals surface area contributed by atoms with Crippen LogP contribution in [0.5, 0.6) is 0 Å². The van der Waals surface area contributed by atoms with Crippen molar-refractivity contribution in [2.24, 2.45) is 16.5 Å². The molecule has 35 heavy (non-hydrogen) atoms. The zero-order valence-electron chi connectivity index (χ0n) is 18.8. The summed E-state index contributed by atoms with van der Waals surface area (Å²) in [6, 6.07) is 11.6. The first-order valence-electron chi connectivity index (χ1n) is 10.7. The number of pyridine rings is 1. The lowest BCUT2D eigenvalue weighted by molar-refractivity contribution is -0.122. The molecule has 12 heteroatoms. The van der Waals surface area contributed by atoms with Gasteiger partial charge in [0.05, 0.1) is 11.8 Å². The second-order valence-corrected chi connectivity index (χ2v) is 8.19. The molecular formula is C23H25N9O2S. The quantitative estimate of drug-likeness (QED) is 0.116. The van der Waals surface area contributed by atoms with E-state index in [1.807, 2.05) is 23.6 Å². The molecule has 180 valence electrons. The molecule has 1 aromatic carbocycles. The second kappa shape index (κ2) is 12.7. The molecule has 2 aromatic heterocycles. The molecule has 0 aliphatic carbocycles. The van der Waals surface area contributed by atoms with Crippen molar-refractivity contribution in [1.82, 2.24) is 20.6 Å². The van der Waals surface area contributed by atoms with Crippen LogP contribution < -0.4 is 27.4 Å². The van der Waals surface area contributed by atoms with Crippen LogP contribution in [-0.2, 0) is 4.79 Å². The summed E-state index contributed by atoms with van der Waals surface area (Å²) in [5.74, 6) is -0.897. The monoisotopic (exact) mass is 491 g/mol. The third kappa shape index (κ3) is 7.79. The Kier molecular flexibility index (Phi) is 9.09. The smallest absolute Gasteiger partial charge is 0.251 e. The standard InChI is InChI=1S/C23H25N9O2S/c24-9-13-28-21(34)18(2-1-10-29-22(25)26)31-20(33)16-5-3-15(4-6-16)19-14-35-23(32-19)30-17-7-11-27-12-8-17/h3-8,11-12,14,18H,1-2,10,13H2,(H,28,34)(H,31,33)(H4,25,26,29)(H,27,30,32)/t18-/m0/s1. The summed E-state index contributed by atoms with van der Waals surface area (Å²) in [6.07, 6.45) is 4.18. The number of nitrogens with one attached hydrogen (secondary N) is 3. The summed E-state index contributed by atoms with van der Waals surface area (Å²) in [6.45, 7) is 0.167. The Hall–Kier alpha value is -4.50. The van der Waals surface area contributed by atoms with Crippen LogP contribution in [-0.4, -0.2) is 46.9 Å². The summed E-state index contributed by atoms with van der Waals surface area (Å²) in [7, 11) is 0. The van der Waals surface area contributed by atoms with Crippen molar-refractivity contribution in [3.05, 3.63) is 59.7 Å². The maximum atomic E-state index is 12.8. The highest BCUT2D eigenvalue weighted by atomic mass is 32.1. The average molecular weight is 492 g/mol. The lowest BCUT2D eigenvalue weighted by atomic mass is 10.1. The van der Waals surface area contributed by atoms with E-state index >= 15 is 0 Å². The normalized spacial score (nSPS) is 11.1. The van der Waals surface area contributed by atoms with E-state index in [0.717, 1.165) is 22.1 Å². The number of nitrogens with zero attached hydrogens (tertiary/aromatic N) is 4. The van der Waals surface area contributed by atoms with E-state index in [-0.39, 0.29) is 12.5 Å². The van der Waals surface area contributed by atoms with E-state index in [0.29, 0.717) is 24.9 Å². The number of thiazole rings is 1. The number of carbonyl (C=O) groups excluding carboxylic acids is 2. The van der Waals surface area contributed by atoms with E-state index < -0.39 is 17.9 Å². The van der Waals surface area contributed by atoms with Gasteiger partial charge in [-0.05, 0) is 37.1 Å². The Morgan fingerprint density at radius 1 is 1.14 bits per heavy atom. The molecule has 3 aromatic rings. The van der Waals surface area contributed by atoms with Crippen molar-refractivity contribution in [3.63, 3.8) is 0 Å². The summed E-state index contributed by atoms with van der Waals surface area (Å²) in [5.41, 5.74) is 13.5. The lowest BCUT2D eigenvalue weighted by Gasteiger charge is -2.17. The Labute approximate surface area is 206 Å². The first kappa shape index (κ1) is 25.1. The second-order valence-electron chi connectivity index (χ2n) is 7.33. The van der Waals surface area contributed by atoms with E-state index in [2.05, 4.69) is 30.9 Å². The number of guanidine groups is 1. The summed E-state index contributed by atoms with van der Waals surface area (Å²) >= 11 is 1.46. The molecule has 0 saturated carbocycles. The molecule has 11 nitrogen and oxygen atoms in total. The van der Waals surface area contributed by atoms with Crippen molar-refractivity contribution in [3.8, 4) is 17.3 Å². The van der Waals surface area contributed by atoms with Crippen LogP contribution in [0.4, 0.5) is 10.8 Å². The number of hydrogen-bond donors (Lipinski definition) is 5. The SMILES string of the molecule is N#CCNC(=O)[C@H](CCCN=C(N)N)NC(=O)c1ccc(-c2csc(Nc3ccncc3)n2)cc1. The van der Waals surface area contributed by atoms with Gasteiger partial charge in [-0.15, -0.1) is 11.3 Å². The minimum Gasteiger partial charge on any atom is -0.370 e. The molecule has 3 rings (SSSR count). The lowest BCUT2D eigenvalue weighted by Crippen LogP contribution is -2.47. The molecular weight excluding hydrogens is 466 g/mol. The maximum absolute atomic E-state index is 12.8. The van der Waals surface area contributed by atoms with Gasteiger partial charge in [0.1, 0.15) is 12.6 Å². The van der Waals surface area contributed by atoms with E-state index in [1.165, 1.54) is 11.3 Å². The van der Waals surface area contributed by atoms with Crippen LogP contribution in [0.25, 0.3) is 11.3 Å². The fourth-order valence-electron chi connectivity index (χ4n) is 3.08. The number of aliphatic imine (C=N–C) groups is 1. The number of benzene rings is 1. The van der Waals surface area contributed by atoms with E-state index in [9.17, 15) is 9.59 Å². The van der Waals surface area contributed by atoms with Crippen LogP contribution in [0, 0.1) is 11.3 Å². The Morgan fingerprint density at radius 2 is 1.89 bits per heavy atom. The van der Waals surface area contributed by atoms with Crippen LogP contribution in [0.1, 0.15) is 23.2 Å². The zero-order chi connectivity index (χ0) is 25.0. The van der Waals surface area contributed by atoms with Crippen molar-refractivity contribution < 1.29 is 9.59 Å². The molecule has 0 saturated heterocycles. The molecule has 0 unspecified atom stereocenters. The highest BCUT2D eigenvalue weighted by Gasteiger charge is 2.21. The molecule has 0 fully saturated rings. The van der Waals surface area contributed by atoms with Crippen molar-refractivity contribution in [2.75, 3.05) is 18.4 Å². The number of aromatic nitrogens is 2. The number of nitrogens with two attached hydrogens (primary N) is 2. The minimum atomic E-state index is -0.829. The van der Waals surface area contributed by atoms with Gasteiger partial charge < -0.3 is 27.4 Å². The van der Waals surface area contributed by atoms with Gasteiger partial charge in [0.15, 0.2) is 11.1 Å². The van der Waals surface area contributed by atoms with Gasteiger partial charge in [-0.25, -0.2) is 4.98 Å². The van der Waals surface area contributed by atoms with Crippen molar-refractivity contribution in [1.29, 1.82) is 5.26 Å². The molecule has 0 bridgehead atoms. The third-order valence-corrected chi connectivity index (χ3v) is 5.55. The molecule has 0 aliphatic rings. The Balaban J connectivity index is 1.63. The number of carbonyl (C=O) groups is 2. The predicted octanol–water partition coefficient (Wildman–Crippen LogP) is 1.74. The largest absolute Gasteiger partial charge is 0.370 e. The third-order valence-electron chi connectivity index (χ3n) is 4.79. The molecule has 0 radical (unpaired) electrons. The molecule has 7 N–H and O–H groups in total. The maximum Gasteiger partial charge on any atom is 0.251 e. The number of hydrogen-bond acceptors (Lipinski definition) is 8. The van der Waals surface area contributed by atoms with Gasteiger partial charge in [-0.3, -0.25) is 19.6 Å². The summed E-state index contributed by atoms with van der Waals surface area (Å²) < 4.78 is 0. The minimum absolute atomic E-state index is 0.0417. The topological polar surface area (TPSA) is 184 Å². The zero-order valence-corrected chi connectivity index (χ0v) is 19.6. The van der Waals surface area contributed by atoms with Gasteiger partial charge in [-0.1, -0.05) is 12.1 Å². The van der Waals surface area contributed by atoms with Gasteiger partial charge in [0.25, 0.3) is 5.91 Å². The molecule has 0 spiro atoms. The molecule has 0 aliphatic heterocycles. The summed E-state index contributed by atoms with van der Waals surface area (Å²) in [5, 5.41) is 19.8. The number of nitriles is 1. The van der Waals surface area contributed by atoms with Crippen molar-refractivity contribution in [2.45, 2.75) is 18.9 Å². The van der Waals surface area contributed by atoms with Gasteiger partial charge >= 0.3 is 0 Å². The number of rotatable bonds is 11. The van der Waals surface area contributed by atoms with Gasteiger partial charge in [0, 0.05) is 41.1 Å².